The van der Waals surface area contributed by atoms with E-state index in [4.69, 9.17) is 4.74 Å². The molecule has 32 heavy (non-hydrogen) atoms. The molecule has 0 bridgehead atoms. The maximum Gasteiger partial charge on any atom is 0.244 e. The first-order valence-electron chi connectivity index (χ1n) is 11.8. The van der Waals surface area contributed by atoms with Crippen LogP contribution >= 0.6 is 0 Å². The number of piperidine rings is 1. The summed E-state index contributed by atoms with van der Waals surface area (Å²) in [4.78, 5) is 6.94. The Morgan fingerprint density at radius 3 is 2.66 bits per heavy atom. The molecule has 0 N–H and O–H groups in total. The molecule has 2 heterocycles. The number of hydrogen-bond donors (Lipinski definition) is 0. The number of nitrogens with zero attached hydrogens (tertiary/aromatic N) is 3. The van der Waals surface area contributed by atoms with E-state index in [9.17, 15) is 8.42 Å². The van der Waals surface area contributed by atoms with Crippen LogP contribution in [0, 0.1) is 5.92 Å². The largest absolute Gasteiger partial charge is 0.496 e. The van der Waals surface area contributed by atoms with Crippen molar-refractivity contribution in [3.05, 3.63) is 53.9 Å². The number of ether oxygens (including phenoxy) is 1. The minimum absolute atomic E-state index is 0.294. The molecule has 0 radical (unpaired) electrons. The van der Waals surface area contributed by atoms with Gasteiger partial charge >= 0.3 is 0 Å². The van der Waals surface area contributed by atoms with E-state index in [1.165, 1.54) is 17.3 Å². The van der Waals surface area contributed by atoms with Crippen molar-refractivity contribution in [3.63, 3.8) is 0 Å². The lowest BCUT2D eigenvalue weighted by Crippen LogP contribution is -2.46. The predicted molar refractivity (Wildman–Crippen MR) is 126 cm³/mol. The summed E-state index contributed by atoms with van der Waals surface area (Å²) in [5.41, 5.74) is 2.79. The third-order valence-electron chi connectivity index (χ3n) is 7.00. The van der Waals surface area contributed by atoms with Gasteiger partial charge in [-0.25, -0.2) is 8.42 Å². The fraction of sp³-hybridized carbons (Fsp3) is 0.560. The second kappa shape index (κ2) is 10.3. The van der Waals surface area contributed by atoms with Crippen molar-refractivity contribution >= 4 is 10.0 Å². The molecule has 174 valence electrons. The second-order valence-corrected chi connectivity index (χ2v) is 11.0. The van der Waals surface area contributed by atoms with Crippen LogP contribution in [0.4, 0.5) is 0 Å². The number of sulfonamides is 1. The van der Waals surface area contributed by atoms with E-state index in [1.807, 2.05) is 0 Å². The quantitative estimate of drug-likeness (QED) is 0.604. The number of aromatic nitrogens is 1. The topological polar surface area (TPSA) is 62.7 Å². The second-order valence-electron chi connectivity index (χ2n) is 9.03. The van der Waals surface area contributed by atoms with E-state index in [2.05, 4.69) is 35.0 Å². The molecule has 0 amide bonds. The van der Waals surface area contributed by atoms with Crippen molar-refractivity contribution in [2.75, 3.05) is 33.3 Å². The average Bonchev–Trinajstić information content (AvgIpc) is 2.84. The molecule has 1 aliphatic carbocycles. The van der Waals surface area contributed by atoms with Crippen molar-refractivity contribution in [1.29, 1.82) is 0 Å². The molecule has 2 aliphatic rings. The van der Waals surface area contributed by atoms with Gasteiger partial charge in [-0.05, 0) is 80.3 Å². The van der Waals surface area contributed by atoms with Gasteiger partial charge in [0.1, 0.15) is 10.6 Å². The van der Waals surface area contributed by atoms with Gasteiger partial charge in [-0.2, -0.15) is 4.31 Å². The molecule has 1 aromatic carbocycles. The van der Waals surface area contributed by atoms with Gasteiger partial charge in [0.05, 0.1) is 7.11 Å². The van der Waals surface area contributed by atoms with E-state index in [-0.39, 0.29) is 0 Å². The Kier molecular flexibility index (Phi) is 7.48. The fourth-order valence-corrected chi connectivity index (χ4v) is 6.71. The lowest BCUT2D eigenvalue weighted by atomic mass is 9.86. The Morgan fingerprint density at radius 2 is 1.97 bits per heavy atom. The minimum Gasteiger partial charge on any atom is -0.496 e. The summed E-state index contributed by atoms with van der Waals surface area (Å²) >= 11 is 0. The molecule has 7 heteroatoms. The summed E-state index contributed by atoms with van der Waals surface area (Å²) < 4.78 is 33.0. The molecule has 1 aliphatic heterocycles. The summed E-state index contributed by atoms with van der Waals surface area (Å²) in [7, 11) is -1.68. The lowest BCUT2D eigenvalue weighted by molar-refractivity contribution is 0.129. The van der Waals surface area contributed by atoms with Crippen LogP contribution in [0.3, 0.4) is 0 Å². The highest BCUT2D eigenvalue weighted by molar-refractivity contribution is 7.89. The maximum atomic E-state index is 12.9. The molecule has 1 fully saturated rings. The highest BCUT2D eigenvalue weighted by Crippen LogP contribution is 2.32. The zero-order chi connectivity index (χ0) is 22.6. The first kappa shape index (κ1) is 23.2. The van der Waals surface area contributed by atoms with Crippen LogP contribution in [0.15, 0.2) is 47.6 Å². The SMILES string of the molecule is CCCN(CC1CCN(S(=O)(=O)c2cccnc2)CC1)[C@@H]1CCc2c(cccc2OC)C1. The van der Waals surface area contributed by atoms with Crippen molar-refractivity contribution in [1.82, 2.24) is 14.2 Å². The van der Waals surface area contributed by atoms with E-state index < -0.39 is 10.0 Å². The summed E-state index contributed by atoms with van der Waals surface area (Å²) in [6.45, 7) is 5.58. The fourth-order valence-electron chi connectivity index (χ4n) is 5.28. The van der Waals surface area contributed by atoms with Crippen LogP contribution in [0.2, 0.25) is 0 Å². The maximum absolute atomic E-state index is 12.9. The van der Waals surface area contributed by atoms with Crippen LogP contribution in [0.5, 0.6) is 5.75 Å². The number of methoxy groups -OCH3 is 1. The van der Waals surface area contributed by atoms with Gasteiger partial charge < -0.3 is 4.74 Å². The van der Waals surface area contributed by atoms with E-state index >= 15 is 0 Å². The van der Waals surface area contributed by atoms with Crippen molar-refractivity contribution in [3.8, 4) is 5.75 Å². The molecular formula is C25H35N3O3S. The third kappa shape index (κ3) is 5.00. The standard InChI is InChI=1S/C25H35N3O3S/c1-3-14-27(22-9-10-24-21(17-22)6-4-8-25(24)31-2)19-20-11-15-28(16-12-20)32(29,30)23-7-5-13-26-18-23/h4-8,13,18,20,22H,3,9-12,14-17,19H2,1-2H3/t22-/m1/s1. The van der Waals surface area contributed by atoms with Crippen LogP contribution < -0.4 is 4.74 Å². The highest BCUT2D eigenvalue weighted by atomic mass is 32.2. The number of pyridine rings is 1. The Hall–Kier alpha value is -1.96. The number of rotatable bonds is 8. The highest BCUT2D eigenvalue weighted by Gasteiger charge is 2.32. The third-order valence-corrected chi connectivity index (χ3v) is 8.88. The van der Waals surface area contributed by atoms with Crippen molar-refractivity contribution < 1.29 is 13.2 Å². The van der Waals surface area contributed by atoms with Gasteiger partial charge in [-0.3, -0.25) is 9.88 Å². The molecule has 0 spiro atoms. The number of hydrogen-bond acceptors (Lipinski definition) is 5. The monoisotopic (exact) mass is 457 g/mol. The first-order valence-corrected chi connectivity index (χ1v) is 13.3. The molecule has 4 rings (SSSR count). The average molecular weight is 458 g/mol. The Balaban J connectivity index is 1.37. The first-order chi connectivity index (χ1) is 15.5. The van der Waals surface area contributed by atoms with Gasteiger partial charge in [0.15, 0.2) is 0 Å². The lowest BCUT2D eigenvalue weighted by Gasteiger charge is -2.39. The Morgan fingerprint density at radius 1 is 1.16 bits per heavy atom. The molecular weight excluding hydrogens is 422 g/mol. The van der Waals surface area contributed by atoms with E-state index in [0.717, 1.165) is 57.4 Å². The van der Waals surface area contributed by atoms with Gasteiger partial charge in [0, 0.05) is 38.1 Å². The van der Waals surface area contributed by atoms with Crippen LogP contribution in [-0.4, -0.2) is 61.9 Å². The van der Waals surface area contributed by atoms with E-state index in [0.29, 0.717) is 29.9 Å². The van der Waals surface area contributed by atoms with Crippen molar-refractivity contribution in [2.24, 2.45) is 5.92 Å². The van der Waals surface area contributed by atoms with Crippen LogP contribution in [-0.2, 0) is 22.9 Å². The summed E-state index contributed by atoms with van der Waals surface area (Å²) in [6, 6.07) is 10.3. The smallest absolute Gasteiger partial charge is 0.244 e. The summed E-state index contributed by atoms with van der Waals surface area (Å²) in [5.74, 6) is 1.55. The Labute approximate surface area is 192 Å². The van der Waals surface area contributed by atoms with Gasteiger partial charge in [0.2, 0.25) is 10.0 Å². The molecule has 1 aromatic heterocycles. The number of benzene rings is 1. The summed E-state index contributed by atoms with van der Waals surface area (Å²) in [5, 5.41) is 0. The predicted octanol–water partition coefficient (Wildman–Crippen LogP) is 3.76. The van der Waals surface area contributed by atoms with E-state index in [1.54, 1.807) is 29.7 Å². The van der Waals surface area contributed by atoms with Gasteiger partial charge in [0.25, 0.3) is 0 Å². The van der Waals surface area contributed by atoms with Gasteiger partial charge in [-0.1, -0.05) is 19.1 Å². The zero-order valence-electron chi connectivity index (χ0n) is 19.2. The molecule has 2 aromatic rings. The molecule has 0 unspecified atom stereocenters. The van der Waals surface area contributed by atoms with Crippen LogP contribution in [0.1, 0.15) is 43.7 Å². The normalized spacial score (nSPS) is 20.3. The minimum atomic E-state index is -3.44. The summed E-state index contributed by atoms with van der Waals surface area (Å²) in [6.07, 6.45) is 9.30. The zero-order valence-corrected chi connectivity index (χ0v) is 20.1. The number of fused-ring (bicyclic) bond motifs is 1. The molecule has 6 nitrogen and oxygen atoms in total. The van der Waals surface area contributed by atoms with Gasteiger partial charge in [-0.15, -0.1) is 0 Å². The van der Waals surface area contributed by atoms with Crippen LogP contribution in [0.25, 0.3) is 0 Å². The molecule has 0 saturated carbocycles. The molecule has 1 saturated heterocycles. The Bertz CT molecular complexity index is 989. The molecule has 1 atom stereocenters. The van der Waals surface area contributed by atoms with Crippen molar-refractivity contribution in [2.45, 2.75) is 56.4 Å².